The Balaban J connectivity index is 2.37. The van der Waals surface area contributed by atoms with Crippen molar-refractivity contribution in [3.63, 3.8) is 0 Å². The molecule has 9 nitrogen and oxygen atoms in total. The standard InChI is InChI=1S/C20H25N3O6S2/c1-10-14(19(25)29-7)17(31-16(10)18(24)23(2)3)22-20(30)21-11-8-12(26-4)15(28-6)13(9-11)27-5/h8-9H,1-7H3,(H2,21,22,30). The third-order valence-electron chi connectivity index (χ3n) is 4.29. The molecule has 1 amide bonds. The lowest BCUT2D eigenvalue weighted by Gasteiger charge is -2.16. The van der Waals surface area contributed by atoms with Gasteiger partial charge in [0.2, 0.25) is 5.75 Å². The van der Waals surface area contributed by atoms with Crippen LogP contribution in [0.2, 0.25) is 0 Å². The van der Waals surface area contributed by atoms with E-state index in [0.29, 0.717) is 38.4 Å². The van der Waals surface area contributed by atoms with Gasteiger partial charge >= 0.3 is 5.97 Å². The van der Waals surface area contributed by atoms with Gasteiger partial charge in [-0.15, -0.1) is 11.3 Å². The van der Waals surface area contributed by atoms with Crippen molar-refractivity contribution >= 4 is 51.2 Å². The monoisotopic (exact) mass is 467 g/mol. The second-order valence-electron chi connectivity index (χ2n) is 6.44. The number of hydrogen-bond donors (Lipinski definition) is 2. The van der Waals surface area contributed by atoms with Gasteiger partial charge in [-0.3, -0.25) is 4.79 Å². The van der Waals surface area contributed by atoms with E-state index in [2.05, 4.69) is 10.6 Å². The van der Waals surface area contributed by atoms with E-state index in [0.717, 1.165) is 11.3 Å². The Labute approximate surface area is 190 Å². The minimum atomic E-state index is -0.565. The fourth-order valence-corrected chi connectivity index (χ4v) is 4.28. The molecule has 0 saturated carbocycles. The average Bonchev–Trinajstić information content (AvgIpc) is 3.06. The van der Waals surface area contributed by atoms with E-state index in [9.17, 15) is 9.59 Å². The number of esters is 1. The molecule has 2 N–H and O–H groups in total. The SMILES string of the molecule is COC(=O)c1c(NC(=S)Nc2cc(OC)c(OC)c(OC)c2)sc(C(=O)N(C)C)c1C. The minimum absolute atomic E-state index is 0.199. The molecule has 0 aliphatic heterocycles. The van der Waals surface area contributed by atoms with Crippen molar-refractivity contribution in [1.29, 1.82) is 0 Å². The summed E-state index contributed by atoms with van der Waals surface area (Å²) < 4.78 is 20.9. The van der Waals surface area contributed by atoms with Crippen LogP contribution in [0, 0.1) is 6.92 Å². The summed E-state index contributed by atoms with van der Waals surface area (Å²) in [5, 5.41) is 6.61. The third-order valence-corrected chi connectivity index (χ3v) is 5.69. The normalized spacial score (nSPS) is 10.2. The molecule has 11 heteroatoms. The molecule has 0 atom stereocenters. The predicted molar refractivity (Wildman–Crippen MR) is 124 cm³/mol. The molecular weight excluding hydrogens is 442 g/mol. The number of hydrogen-bond acceptors (Lipinski definition) is 8. The van der Waals surface area contributed by atoms with Crippen molar-refractivity contribution in [3.8, 4) is 17.2 Å². The number of benzene rings is 1. The van der Waals surface area contributed by atoms with Crippen LogP contribution >= 0.6 is 23.6 Å². The molecule has 0 aliphatic rings. The second-order valence-corrected chi connectivity index (χ2v) is 7.87. The third kappa shape index (κ3) is 5.17. The summed E-state index contributed by atoms with van der Waals surface area (Å²) >= 11 is 6.54. The van der Waals surface area contributed by atoms with Crippen molar-refractivity contribution in [2.75, 3.05) is 53.2 Å². The Morgan fingerprint density at radius 2 is 1.58 bits per heavy atom. The van der Waals surface area contributed by atoms with Crippen LogP contribution in [0.1, 0.15) is 25.6 Å². The molecule has 1 aromatic heterocycles. The molecule has 0 saturated heterocycles. The molecule has 168 valence electrons. The first-order valence-electron chi connectivity index (χ1n) is 8.99. The van der Waals surface area contributed by atoms with Crippen LogP contribution in [0.5, 0.6) is 17.2 Å². The van der Waals surface area contributed by atoms with Crippen LogP contribution in [-0.4, -0.2) is 64.4 Å². The molecule has 0 spiro atoms. The number of rotatable bonds is 7. The number of nitrogens with one attached hydrogen (secondary N) is 2. The molecule has 0 aliphatic carbocycles. The molecule has 2 aromatic rings. The van der Waals surface area contributed by atoms with Gasteiger partial charge in [0.25, 0.3) is 5.91 Å². The van der Waals surface area contributed by atoms with Crippen molar-refractivity contribution in [3.05, 3.63) is 28.1 Å². The van der Waals surface area contributed by atoms with Gasteiger partial charge in [-0.25, -0.2) is 4.79 Å². The highest BCUT2D eigenvalue weighted by Crippen LogP contribution is 2.40. The number of ether oxygens (including phenoxy) is 4. The minimum Gasteiger partial charge on any atom is -0.493 e. The maximum Gasteiger partial charge on any atom is 0.341 e. The van der Waals surface area contributed by atoms with E-state index < -0.39 is 5.97 Å². The van der Waals surface area contributed by atoms with Gasteiger partial charge in [-0.1, -0.05) is 0 Å². The van der Waals surface area contributed by atoms with Gasteiger partial charge in [0.05, 0.1) is 38.9 Å². The van der Waals surface area contributed by atoms with Crippen molar-refractivity contribution in [2.24, 2.45) is 0 Å². The maximum absolute atomic E-state index is 12.5. The van der Waals surface area contributed by atoms with E-state index in [1.807, 2.05) is 0 Å². The van der Waals surface area contributed by atoms with Crippen LogP contribution in [0.4, 0.5) is 10.7 Å². The summed E-state index contributed by atoms with van der Waals surface area (Å²) in [7, 11) is 9.10. The van der Waals surface area contributed by atoms with Gasteiger partial charge in [-0.2, -0.15) is 0 Å². The number of methoxy groups -OCH3 is 4. The van der Waals surface area contributed by atoms with Crippen molar-refractivity contribution in [2.45, 2.75) is 6.92 Å². The van der Waals surface area contributed by atoms with Crippen molar-refractivity contribution < 1.29 is 28.5 Å². The van der Waals surface area contributed by atoms with E-state index in [4.69, 9.17) is 31.2 Å². The molecule has 0 fully saturated rings. The lowest BCUT2D eigenvalue weighted by molar-refractivity contribution is 0.0601. The molecular formula is C20H25N3O6S2. The number of thiocarbonyl (C=S) groups is 1. The number of nitrogens with zero attached hydrogens (tertiary/aromatic N) is 1. The second kappa shape index (κ2) is 10.3. The number of anilines is 2. The number of thiophene rings is 1. The largest absolute Gasteiger partial charge is 0.493 e. The van der Waals surface area contributed by atoms with E-state index in [-0.39, 0.29) is 16.6 Å². The van der Waals surface area contributed by atoms with Gasteiger partial charge in [0.1, 0.15) is 5.00 Å². The van der Waals surface area contributed by atoms with Crippen molar-refractivity contribution in [1.82, 2.24) is 4.90 Å². The summed E-state index contributed by atoms with van der Waals surface area (Å²) in [6.07, 6.45) is 0. The van der Waals surface area contributed by atoms with Gasteiger partial charge in [0.15, 0.2) is 16.6 Å². The van der Waals surface area contributed by atoms with Crippen LogP contribution in [-0.2, 0) is 4.74 Å². The summed E-state index contributed by atoms with van der Waals surface area (Å²) in [6, 6.07) is 3.38. The Hall–Kier alpha value is -3.05. The molecule has 31 heavy (non-hydrogen) atoms. The van der Waals surface area contributed by atoms with Gasteiger partial charge in [0, 0.05) is 31.9 Å². The fraction of sp³-hybridized carbons (Fsp3) is 0.350. The topological polar surface area (TPSA) is 98.4 Å². The van der Waals surface area contributed by atoms with E-state index in [1.54, 1.807) is 33.2 Å². The van der Waals surface area contributed by atoms with E-state index >= 15 is 0 Å². The van der Waals surface area contributed by atoms with Crippen LogP contribution in [0.25, 0.3) is 0 Å². The Bertz CT molecular complexity index is 978. The summed E-state index contributed by atoms with van der Waals surface area (Å²) in [5.41, 5.74) is 1.35. The molecule has 0 radical (unpaired) electrons. The Kier molecular flexibility index (Phi) is 8.06. The van der Waals surface area contributed by atoms with Crippen LogP contribution < -0.4 is 24.8 Å². The molecule has 2 rings (SSSR count). The molecule has 0 bridgehead atoms. The Morgan fingerprint density at radius 1 is 1.00 bits per heavy atom. The quantitative estimate of drug-likeness (QED) is 0.469. The number of carbonyl (C=O) groups excluding carboxylic acids is 2. The summed E-state index contributed by atoms with van der Waals surface area (Å²) in [4.78, 5) is 26.7. The smallest absolute Gasteiger partial charge is 0.341 e. The van der Waals surface area contributed by atoms with Crippen LogP contribution in [0.3, 0.4) is 0 Å². The van der Waals surface area contributed by atoms with Gasteiger partial charge in [-0.05, 0) is 24.7 Å². The Morgan fingerprint density at radius 3 is 2.03 bits per heavy atom. The fourth-order valence-electron chi connectivity index (χ4n) is 2.78. The molecule has 1 heterocycles. The molecule has 0 unspecified atom stereocenters. The predicted octanol–water partition coefficient (Wildman–Crippen LogP) is 3.38. The first kappa shape index (κ1) is 24.2. The lowest BCUT2D eigenvalue weighted by atomic mass is 10.1. The van der Waals surface area contributed by atoms with Crippen LogP contribution in [0.15, 0.2) is 12.1 Å². The average molecular weight is 468 g/mol. The number of carbonyl (C=O) groups is 2. The zero-order valence-corrected chi connectivity index (χ0v) is 20.0. The lowest BCUT2D eigenvalue weighted by Crippen LogP contribution is -2.21. The van der Waals surface area contributed by atoms with E-state index in [1.165, 1.54) is 33.3 Å². The highest BCUT2D eigenvalue weighted by molar-refractivity contribution is 7.80. The maximum atomic E-state index is 12.5. The summed E-state index contributed by atoms with van der Waals surface area (Å²) in [5.74, 6) is 0.568. The zero-order valence-electron chi connectivity index (χ0n) is 18.4. The summed E-state index contributed by atoms with van der Waals surface area (Å²) in [6.45, 7) is 1.69. The highest BCUT2D eigenvalue weighted by Gasteiger charge is 2.26. The molecule has 1 aromatic carbocycles. The van der Waals surface area contributed by atoms with Gasteiger partial charge < -0.3 is 34.5 Å². The highest BCUT2D eigenvalue weighted by atomic mass is 32.1. The first-order chi connectivity index (χ1) is 14.7. The number of amides is 1. The first-order valence-corrected chi connectivity index (χ1v) is 10.2. The zero-order chi connectivity index (χ0) is 23.3.